The minimum atomic E-state index is -0.519. The van der Waals surface area contributed by atoms with Crippen molar-refractivity contribution in [1.29, 1.82) is 0 Å². The molecule has 0 bridgehead atoms. The van der Waals surface area contributed by atoms with Crippen LogP contribution in [0.15, 0.2) is 0 Å². The van der Waals surface area contributed by atoms with Gasteiger partial charge in [-0.2, -0.15) is 0 Å². The zero-order valence-electron chi connectivity index (χ0n) is 6.35. The Bertz CT molecular complexity index is 204. The number of carbonyl (C=O) groups is 1. The van der Waals surface area contributed by atoms with Crippen LogP contribution < -0.4 is 0 Å². The molecule has 0 N–H and O–H groups in total. The maximum absolute atomic E-state index is 11.2. The zero-order chi connectivity index (χ0) is 7.78. The number of hydrogen-bond donors (Lipinski definition) is 0. The largest absolute Gasteiger partial charge is 0.344 e. The first-order valence-corrected chi connectivity index (χ1v) is 3.33. The van der Waals surface area contributed by atoms with E-state index in [0.717, 1.165) is 13.0 Å². The van der Waals surface area contributed by atoms with E-state index in [0.29, 0.717) is 0 Å². The summed E-state index contributed by atoms with van der Waals surface area (Å²) in [7, 11) is 1.78. The molecule has 1 aliphatic rings. The summed E-state index contributed by atoms with van der Waals surface area (Å²) in [6.45, 7) is 2.61. The molecule has 1 fully saturated rings. The normalized spacial score (nSPS) is 32.5. The van der Waals surface area contributed by atoms with Crippen molar-refractivity contribution in [3.05, 3.63) is 0 Å². The van der Waals surface area contributed by atoms with Gasteiger partial charge in [-0.1, -0.05) is 5.92 Å². The summed E-state index contributed by atoms with van der Waals surface area (Å²) in [6, 6.07) is 0. The highest BCUT2D eigenvalue weighted by molar-refractivity contribution is 5.87. The van der Waals surface area contributed by atoms with Gasteiger partial charge >= 0.3 is 0 Å². The van der Waals surface area contributed by atoms with Crippen molar-refractivity contribution in [1.82, 2.24) is 4.90 Å². The van der Waals surface area contributed by atoms with Crippen molar-refractivity contribution in [2.24, 2.45) is 5.41 Å². The highest BCUT2D eigenvalue weighted by Gasteiger charge is 2.39. The minimum absolute atomic E-state index is 0.0787. The second kappa shape index (κ2) is 2.02. The second-order valence-electron chi connectivity index (χ2n) is 2.95. The second-order valence-corrected chi connectivity index (χ2v) is 2.95. The van der Waals surface area contributed by atoms with Crippen LogP contribution in [0.25, 0.3) is 0 Å². The third-order valence-electron chi connectivity index (χ3n) is 2.08. The summed E-state index contributed by atoms with van der Waals surface area (Å²) in [5.41, 5.74) is -0.519. The molecular formula is C8H11NO. The Labute approximate surface area is 61.2 Å². The van der Waals surface area contributed by atoms with Gasteiger partial charge in [0.2, 0.25) is 5.91 Å². The van der Waals surface area contributed by atoms with Gasteiger partial charge < -0.3 is 4.90 Å². The Balaban J connectivity index is 2.86. The van der Waals surface area contributed by atoms with Crippen LogP contribution in [0.5, 0.6) is 0 Å². The number of carbonyl (C=O) groups excluding carboxylic acids is 1. The molecule has 0 aliphatic carbocycles. The van der Waals surface area contributed by atoms with Gasteiger partial charge in [0.1, 0.15) is 5.41 Å². The molecule has 0 saturated carbocycles. The summed E-state index contributed by atoms with van der Waals surface area (Å²) in [4.78, 5) is 12.9. The van der Waals surface area contributed by atoms with Gasteiger partial charge in [0.15, 0.2) is 0 Å². The van der Waals surface area contributed by atoms with Crippen LogP contribution in [0.1, 0.15) is 13.3 Å². The zero-order valence-corrected chi connectivity index (χ0v) is 6.35. The van der Waals surface area contributed by atoms with Crippen molar-refractivity contribution in [2.45, 2.75) is 13.3 Å². The first kappa shape index (κ1) is 7.14. The summed E-state index contributed by atoms with van der Waals surface area (Å²) in [5.74, 6) is 2.61. The predicted octanol–water partition coefficient (Wildman–Crippen LogP) is 0.488. The SMILES string of the molecule is C#CC1(C)CCN(C)C1=O. The molecular weight excluding hydrogens is 126 g/mol. The van der Waals surface area contributed by atoms with Gasteiger partial charge in [0, 0.05) is 13.6 Å². The molecule has 10 heavy (non-hydrogen) atoms. The minimum Gasteiger partial charge on any atom is -0.344 e. The van der Waals surface area contributed by atoms with Crippen molar-refractivity contribution >= 4 is 5.91 Å². The molecule has 0 aromatic carbocycles. The molecule has 0 aromatic rings. The molecule has 1 unspecified atom stereocenters. The average Bonchev–Trinajstić information content (AvgIpc) is 2.19. The highest BCUT2D eigenvalue weighted by atomic mass is 16.2. The molecule has 1 rings (SSSR count). The predicted molar refractivity (Wildman–Crippen MR) is 39.2 cm³/mol. The Hall–Kier alpha value is -0.970. The Morgan fingerprint density at radius 3 is 2.60 bits per heavy atom. The van der Waals surface area contributed by atoms with Crippen LogP contribution in [0.3, 0.4) is 0 Å². The Morgan fingerprint density at radius 2 is 2.40 bits per heavy atom. The van der Waals surface area contributed by atoms with Crippen molar-refractivity contribution < 1.29 is 4.79 Å². The first-order valence-electron chi connectivity index (χ1n) is 3.33. The number of hydrogen-bond acceptors (Lipinski definition) is 1. The topological polar surface area (TPSA) is 20.3 Å². The van der Waals surface area contributed by atoms with Gasteiger partial charge in [0.05, 0.1) is 0 Å². The molecule has 1 saturated heterocycles. The molecule has 54 valence electrons. The number of rotatable bonds is 0. The van der Waals surface area contributed by atoms with E-state index in [2.05, 4.69) is 5.92 Å². The van der Waals surface area contributed by atoms with Crippen molar-refractivity contribution in [3.63, 3.8) is 0 Å². The van der Waals surface area contributed by atoms with Gasteiger partial charge in [-0.25, -0.2) is 0 Å². The van der Waals surface area contributed by atoms with Crippen molar-refractivity contribution in [2.75, 3.05) is 13.6 Å². The average molecular weight is 137 g/mol. The molecule has 2 heteroatoms. The number of amides is 1. The van der Waals surface area contributed by atoms with E-state index in [9.17, 15) is 4.79 Å². The van der Waals surface area contributed by atoms with Crippen LogP contribution in [-0.2, 0) is 4.79 Å². The van der Waals surface area contributed by atoms with Gasteiger partial charge in [-0.15, -0.1) is 6.42 Å². The lowest BCUT2D eigenvalue weighted by Gasteiger charge is -2.13. The number of nitrogens with zero attached hydrogens (tertiary/aromatic N) is 1. The summed E-state index contributed by atoms with van der Waals surface area (Å²) in [6.07, 6.45) is 6.01. The van der Waals surface area contributed by atoms with Crippen molar-refractivity contribution in [3.8, 4) is 12.3 Å². The van der Waals surface area contributed by atoms with Crippen LogP contribution in [0.2, 0.25) is 0 Å². The molecule has 0 spiro atoms. The van der Waals surface area contributed by atoms with Gasteiger partial charge in [0.25, 0.3) is 0 Å². The lowest BCUT2D eigenvalue weighted by Crippen LogP contribution is -2.28. The van der Waals surface area contributed by atoms with E-state index in [1.165, 1.54) is 0 Å². The molecule has 0 radical (unpaired) electrons. The summed E-state index contributed by atoms with van der Waals surface area (Å²) < 4.78 is 0. The van der Waals surface area contributed by atoms with Crippen LogP contribution in [-0.4, -0.2) is 24.4 Å². The third-order valence-corrected chi connectivity index (χ3v) is 2.08. The van der Waals surface area contributed by atoms with E-state index in [-0.39, 0.29) is 5.91 Å². The van der Waals surface area contributed by atoms with Crippen LogP contribution in [0, 0.1) is 17.8 Å². The van der Waals surface area contributed by atoms with E-state index in [1.807, 2.05) is 6.92 Å². The van der Waals surface area contributed by atoms with E-state index in [4.69, 9.17) is 6.42 Å². The fourth-order valence-corrected chi connectivity index (χ4v) is 1.15. The quantitative estimate of drug-likeness (QED) is 0.445. The first-order chi connectivity index (χ1) is 4.60. The number of likely N-dealkylation sites (tertiary alicyclic amines) is 1. The monoisotopic (exact) mass is 137 g/mol. The summed E-state index contributed by atoms with van der Waals surface area (Å²) >= 11 is 0. The molecule has 0 aromatic heterocycles. The standard InChI is InChI=1S/C8H11NO/c1-4-8(2)5-6-9(3)7(8)10/h1H,5-6H2,2-3H3. The molecule has 2 nitrogen and oxygen atoms in total. The molecule has 1 atom stereocenters. The summed E-state index contributed by atoms with van der Waals surface area (Å²) in [5, 5.41) is 0. The maximum atomic E-state index is 11.2. The smallest absolute Gasteiger partial charge is 0.240 e. The third kappa shape index (κ3) is 0.786. The van der Waals surface area contributed by atoms with Gasteiger partial charge in [-0.3, -0.25) is 4.79 Å². The fraction of sp³-hybridized carbons (Fsp3) is 0.625. The van der Waals surface area contributed by atoms with Gasteiger partial charge in [-0.05, 0) is 13.3 Å². The maximum Gasteiger partial charge on any atom is 0.240 e. The Kier molecular flexibility index (Phi) is 1.44. The lowest BCUT2D eigenvalue weighted by atomic mass is 9.90. The molecule has 1 aliphatic heterocycles. The number of terminal acetylenes is 1. The van der Waals surface area contributed by atoms with Crippen LogP contribution in [0.4, 0.5) is 0 Å². The molecule has 1 heterocycles. The Morgan fingerprint density at radius 1 is 1.80 bits per heavy atom. The fourth-order valence-electron chi connectivity index (χ4n) is 1.15. The van der Waals surface area contributed by atoms with E-state index >= 15 is 0 Å². The highest BCUT2D eigenvalue weighted by Crippen LogP contribution is 2.28. The van der Waals surface area contributed by atoms with Crippen LogP contribution >= 0.6 is 0 Å². The lowest BCUT2D eigenvalue weighted by molar-refractivity contribution is -0.131. The van der Waals surface area contributed by atoms with E-state index in [1.54, 1.807) is 11.9 Å². The van der Waals surface area contributed by atoms with E-state index < -0.39 is 5.41 Å². The molecule has 1 amide bonds.